The smallest absolute Gasteiger partial charge is 0.243 e. The van der Waals surface area contributed by atoms with Crippen molar-refractivity contribution in [2.45, 2.75) is 23.9 Å². The van der Waals surface area contributed by atoms with Crippen molar-refractivity contribution in [3.63, 3.8) is 0 Å². The van der Waals surface area contributed by atoms with E-state index in [2.05, 4.69) is 10.6 Å². The molecule has 0 radical (unpaired) electrons. The number of benzene rings is 4. The van der Waals surface area contributed by atoms with Crippen LogP contribution in [-0.4, -0.2) is 27.8 Å². The summed E-state index contributed by atoms with van der Waals surface area (Å²) in [6, 6.07) is 36.1. The monoisotopic (exact) mass is 560 g/mol. The van der Waals surface area contributed by atoms with Crippen LogP contribution in [0.25, 0.3) is 0 Å². The first-order valence-corrected chi connectivity index (χ1v) is 13.9. The van der Waals surface area contributed by atoms with Crippen LogP contribution < -0.4 is 10.6 Å². The quantitative estimate of drug-likeness (QED) is 0.184. The van der Waals surface area contributed by atoms with Crippen LogP contribution in [0.4, 0.5) is 0 Å². The number of rotatable bonds is 5. The number of Topliss-reactive ketones (excluding diaryl/α,β-unsaturated/α-hetero) is 1. The zero-order chi connectivity index (χ0) is 28.6. The first-order chi connectivity index (χ1) is 19.9. The van der Waals surface area contributed by atoms with Gasteiger partial charge in [0.15, 0.2) is 10.9 Å². The van der Waals surface area contributed by atoms with Crippen LogP contribution in [-0.2, 0) is 15.2 Å². The minimum atomic E-state index is -1.80. The molecule has 7 heteroatoms. The highest BCUT2D eigenvalue weighted by atomic mass is 32.1. The average molecular weight is 561 g/mol. The van der Waals surface area contributed by atoms with Gasteiger partial charge in [-0.05, 0) is 35.3 Å². The van der Waals surface area contributed by atoms with E-state index in [1.807, 2.05) is 84.9 Å². The number of hydrogen-bond acceptors (Lipinski definition) is 5. The predicted octanol–water partition coefficient (Wildman–Crippen LogP) is 4.86. The van der Waals surface area contributed by atoms with E-state index in [0.717, 1.165) is 0 Å². The first kappa shape index (κ1) is 26.7. The van der Waals surface area contributed by atoms with Crippen molar-refractivity contribution in [1.29, 1.82) is 0 Å². The molecule has 1 saturated heterocycles. The summed E-state index contributed by atoms with van der Waals surface area (Å²) in [7, 11) is 0. The molecule has 41 heavy (non-hydrogen) atoms. The lowest BCUT2D eigenvalue weighted by Crippen LogP contribution is -2.71. The molecular formula is C34H28N2O4S. The van der Waals surface area contributed by atoms with Crippen LogP contribution in [0.5, 0.6) is 0 Å². The number of nitrogens with one attached hydrogen (secondary N) is 2. The second-order valence-corrected chi connectivity index (χ2v) is 11.1. The van der Waals surface area contributed by atoms with Crippen molar-refractivity contribution in [1.82, 2.24) is 10.6 Å². The number of amides is 2. The Labute approximate surface area is 243 Å². The Kier molecular flexibility index (Phi) is 6.85. The molecule has 4 atom stereocenters. The standard InChI is InChI=1S/C34H28N2O4S/c37-29(24-17-9-3-10-18-24)28-27(23-15-7-2-8-16-23)34(30(38)35-32(41)36-31(34)39)26(22-13-5-1-6-14-22)21-33(28,40)25-19-11-4-12-20-25/h1-20,26-28,40H,21H2,(H2,35,36,38,39,41). The summed E-state index contributed by atoms with van der Waals surface area (Å²) in [6.45, 7) is 0. The Morgan fingerprint density at radius 3 is 1.71 bits per heavy atom. The van der Waals surface area contributed by atoms with Gasteiger partial charge in [-0.1, -0.05) is 121 Å². The van der Waals surface area contributed by atoms with Gasteiger partial charge in [-0.25, -0.2) is 0 Å². The molecular weight excluding hydrogens is 532 g/mol. The second-order valence-electron chi connectivity index (χ2n) is 10.7. The van der Waals surface area contributed by atoms with Gasteiger partial charge in [0.25, 0.3) is 0 Å². The van der Waals surface area contributed by atoms with Gasteiger partial charge in [0, 0.05) is 17.4 Å². The van der Waals surface area contributed by atoms with Gasteiger partial charge in [0.2, 0.25) is 11.8 Å². The maximum Gasteiger partial charge on any atom is 0.243 e. The number of aliphatic hydroxyl groups is 1. The van der Waals surface area contributed by atoms with Crippen molar-refractivity contribution in [2.75, 3.05) is 0 Å². The third-order valence-electron chi connectivity index (χ3n) is 8.58. The van der Waals surface area contributed by atoms with Crippen molar-refractivity contribution in [3.8, 4) is 0 Å². The van der Waals surface area contributed by atoms with Crippen LogP contribution >= 0.6 is 12.2 Å². The normalized spacial score (nSPS) is 25.3. The zero-order valence-electron chi connectivity index (χ0n) is 22.1. The Balaban J connectivity index is 1.71. The van der Waals surface area contributed by atoms with Gasteiger partial charge in [-0.15, -0.1) is 0 Å². The molecule has 1 spiro atoms. The Hall–Kier alpha value is -4.46. The maximum atomic E-state index is 14.7. The van der Waals surface area contributed by atoms with Crippen molar-refractivity contribution < 1.29 is 19.5 Å². The fourth-order valence-corrected chi connectivity index (χ4v) is 7.04. The largest absolute Gasteiger partial charge is 0.384 e. The van der Waals surface area contributed by atoms with E-state index < -0.39 is 40.6 Å². The highest BCUT2D eigenvalue weighted by Crippen LogP contribution is 2.64. The van der Waals surface area contributed by atoms with Crippen molar-refractivity contribution in [2.24, 2.45) is 11.3 Å². The molecule has 4 aromatic carbocycles. The van der Waals surface area contributed by atoms with E-state index in [0.29, 0.717) is 22.3 Å². The summed E-state index contributed by atoms with van der Waals surface area (Å²) >= 11 is 5.22. The van der Waals surface area contributed by atoms with Gasteiger partial charge in [0.1, 0.15) is 11.0 Å². The number of thiocarbonyl (C=S) groups is 1. The van der Waals surface area contributed by atoms with Gasteiger partial charge in [0.05, 0.1) is 5.92 Å². The van der Waals surface area contributed by atoms with Crippen LogP contribution in [0, 0.1) is 11.3 Å². The number of ketones is 1. The maximum absolute atomic E-state index is 14.7. The van der Waals surface area contributed by atoms with Crippen LogP contribution in [0.15, 0.2) is 121 Å². The highest BCUT2D eigenvalue weighted by molar-refractivity contribution is 7.80. The minimum Gasteiger partial charge on any atom is -0.384 e. The summed E-state index contributed by atoms with van der Waals surface area (Å²) in [5, 5.41) is 18.2. The van der Waals surface area contributed by atoms with E-state index in [1.165, 1.54) is 0 Å². The molecule has 6 rings (SSSR count). The van der Waals surface area contributed by atoms with Crippen LogP contribution in [0.1, 0.15) is 45.3 Å². The van der Waals surface area contributed by atoms with E-state index in [-0.39, 0.29) is 17.3 Å². The molecule has 1 aliphatic heterocycles. The summed E-state index contributed by atoms with van der Waals surface area (Å²) < 4.78 is 0. The molecule has 4 unspecified atom stereocenters. The van der Waals surface area contributed by atoms with Gasteiger partial charge in [-0.2, -0.15) is 0 Å². The van der Waals surface area contributed by atoms with Crippen LogP contribution in [0.3, 0.4) is 0 Å². The molecule has 4 aromatic rings. The molecule has 3 N–H and O–H groups in total. The molecule has 204 valence electrons. The molecule has 1 heterocycles. The summed E-state index contributed by atoms with van der Waals surface area (Å²) in [5.74, 6) is -4.58. The molecule has 2 aliphatic rings. The summed E-state index contributed by atoms with van der Waals surface area (Å²) in [6.07, 6.45) is -0.0544. The number of carbonyl (C=O) groups excluding carboxylic acids is 3. The van der Waals surface area contributed by atoms with Gasteiger partial charge in [-0.3, -0.25) is 14.4 Å². The van der Waals surface area contributed by atoms with E-state index >= 15 is 0 Å². The van der Waals surface area contributed by atoms with Gasteiger partial charge < -0.3 is 15.7 Å². The minimum absolute atomic E-state index is 0.0544. The summed E-state index contributed by atoms with van der Waals surface area (Å²) in [4.78, 5) is 43.4. The molecule has 2 amide bonds. The average Bonchev–Trinajstić information content (AvgIpc) is 3.01. The van der Waals surface area contributed by atoms with Crippen LogP contribution in [0.2, 0.25) is 0 Å². The first-order valence-electron chi connectivity index (χ1n) is 13.5. The molecule has 6 nitrogen and oxygen atoms in total. The SMILES string of the molecule is O=C(c1ccccc1)C1C(c2ccccc2)C2(C(=O)NC(=S)NC2=O)C(c2ccccc2)CC1(O)c1ccccc1. The lowest BCUT2D eigenvalue weighted by atomic mass is 9.46. The second kappa shape index (κ2) is 10.5. The summed E-state index contributed by atoms with van der Waals surface area (Å²) in [5.41, 5.74) is -1.33. The Morgan fingerprint density at radius 1 is 0.707 bits per heavy atom. The lowest BCUT2D eigenvalue weighted by Gasteiger charge is -2.57. The topological polar surface area (TPSA) is 95.5 Å². The molecule has 1 aliphatic carbocycles. The van der Waals surface area contributed by atoms with E-state index in [1.54, 1.807) is 36.4 Å². The number of hydrogen-bond donors (Lipinski definition) is 3. The Bertz CT molecular complexity index is 1590. The third kappa shape index (κ3) is 4.29. The van der Waals surface area contributed by atoms with E-state index in [4.69, 9.17) is 12.2 Å². The zero-order valence-corrected chi connectivity index (χ0v) is 22.9. The fraction of sp³-hybridized carbons (Fsp3) is 0.176. The highest BCUT2D eigenvalue weighted by Gasteiger charge is 2.70. The van der Waals surface area contributed by atoms with Gasteiger partial charge >= 0.3 is 0 Å². The Morgan fingerprint density at radius 2 is 1.17 bits per heavy atom. The van der Waals surface area contributed by atoms with Crippen molar-refractivity contribution in [3.05, 3.63) is 144 Å². The molecule has 1 saturated carbocycles. The molecule has 0 bridgehead atoms. The van der Waals surface area contributed by atoms with Crippen molar-refractivity contribution >= 4 is 34.9 Å². The third-order valence-corrected chi connectivity index (χ3v) is 8.79. The lowest BCUT2D eigenvalue weighted by molar-refractivity contribution is -0.161. The fourth-order valence-electron chi connectivity index (χ4n) is 6.86. The van der Waals surface area contributed by atoms with E-state index in [9.17, 15) is 19.5 Å². The molecule has 2 fully saturated rings. The predicted molar refractivity (Wildman–Crippen MR) is 159 cm³/mol. The molecule has 0 aromatic heterocycles. The number of carbonyl (C=O) groups is 3.